The highest BCUT2D eigenvalue weighted by Gasteiger charge is 2.34. The van der Waals surface area contributed by atoms with Crippen LogP contribution >= 0.6 is 104 Å². The van der Waals surface area contributed by atoms with Gasteiger partial charge in [-0.3, -0.25) is 0 Å². The zero-order valence-electron chi connectivity index (χ0n) is 15.5. The average Bonchev–Trinajstić information content (AvgIpc) is 2.73. The van der Waals surface area contributed by atoms with Crippen LogP contribution in [-0.4, -0.2) is 37.5 Å². The molecule has 0 unspecified atom stereocenters. The minimum absolute atomic E-state index is 0.139. The minimum Gasteiger partial charge on any atom is -0.497 e. The first-order valence-corrected chi connectivity index (χ1v) is 11.4. The van der Waals surface area contributed by atoms with Gasteiger partial charge in [0.1, 0.15) is 11.4 Å². The Bertz CT molecular complexity index is 989. The Morgan fingerprint density at radius 2 is 1.22 bits per heavy atom. The molecule has 1 aromatic carbocycles. The van der Waals surface area contributed by atoms with E-state index in [-0.39, 0.29) is 23.2 Å². The lowest BCUT2D eigenvalue weighted by Crippen LogP contribution is -2.16. The standard InChI is InChI=1S/C12H7Cl6N3O.C4H2Cl3N3/c1-22-7-4-2-6(3-5-7)8-19-9(11(13,14)15)21-10(20-8)12(16,17)18;5-4(6,7)3-1-2-8-10-9-3/h2-5H,1H3;1-2H. The smallest absolute Gasteiger partial charge is 0.250 e. The maximum absolute atomic E-state index is 5.82. The SMILES string of the molecule is COc1ccc(-c2nc(C(Cl)(Cl)Cl)nc(C(Cl)(Cl)Cl)n2)cc1.ClC(Cl)(Cl)c1ccnnn1. The molecule has 3 aromatic rings. The molecule has 0 bridgehead atoms. The van der Waals surface area contributed by atoms with Crippen LogP contribution in [-0.2, 0) is 11.4 Å². The van der Waals surface area contributed by atoms with Crippen molar-refractivity contribution in [1.82, 2.24) is 30.4 Å². The third-order valence-electron chi connectivity index (χ3n) is 3.28. The van der Waals surface area contributed by atoms with Crippen molar-refractivity contribution in [3.63, 3.8) is 0 Å². The average molecular weight is 620 g/mol. The molecule has 2 heterocycles. The van der Waals surface area contributed by atoms with Gasteiger partial charge < -0.3 is 4.74 Å². The predicted molar refractivity (Wildman–Crippen MR) is 129 cm³/mol. The second-order valence-electron chi connectivity index (χ2n) is 5.53. The Kier molecular flexibility index (Phi) is 9.92. The molecule has 2 aromatic heterocycles. The molecule has 0 aliphatic carbocycles. The lowest BCUT2D eigenvalue weighted by molar-refractivity contribution is 0.415. The molecule has 3 rings (SSSR count). The van der Waals surface area contributed by atoms with Gasteiger partial charge in [-0.2, -0.15) is 0 Å². The van der Waals surface area contributed by atoms with Crippen LogP contribution in [0.5, 0.6) is 5.75 Å². The fourth-order valence-corrected chi connectivity index (χ4v) is 2.70. The number of hydrogen-bond acceptors (Lipinski definition) is 7. The van der Waals surface area contributed by atoms with Gasteiger partial charge in [0.15, 0.2) is 17.5 Å². The number of ether oxygens (including phenoxy) is 1. The zero-order valence-corrected chi connectivity index (χ0v) is 22.3. The van der Waals surface area contributed by atoms with Crippen molar-refractivity contribution in [2.45, 2.75) is 11.4 Å². The molecule has 172 valence electrons. The van der Waals surface area contributed by atoms with Gasteiger partial charge in [0.05, 0.1) is 13.3 Å². The van der Waals surface area contributed by atoms with Gasteiger partial charge in [-0.25, -0.2) is 15.0 Å². The van der Waals surface area contributed by atoms with E-state index in [2.05, 4.69) is 30.4 Å². The van der Waals surface area contributed by atoms with Crippen LogP contribution < -0.4 is 4.74 Å². The largest absolute Gasteiger partial charge is 0.497 e. The highest BCUT2D eigenvalue weighted by atomic mass is 35.6. The van der Waals surface area contributed by atoms with Crippen molar-refractivity contribution in [2.75, 3.05) is 7.11 Å². The molecule has 32 heavy (non-hydrogen) atoms. The molecule has 0 atom stereocenters. The third kappa shape index (κ3) is 8.46. The van der Waals surface area contributed by atoms with Crippen molar-refractivity contribution in [3.05, 3.63) is 53.9 Å². The van der Waals surface area contributed by atoms with Gasteiger partial charge in [0.25, 0.3) is 0 Å². The molecular formula is C16H9Cl9N6O. The molecule has 16 heteroatoms. The van der Waals surface area contributed by atoms with Gasteiger partial charge in [-0.15, -0.1) is 10.2 Å². The van der Waals surface area contributed by atoms with Crippen LogP contribution in [0.3, 0.4) is 0 Å². The highest BCUT2D eigenvalue weighted by Crippen LogP contribution is 2.40. The fraction of sp³-hybridized carbons (Fsp3) is 0.250. The van der Waals surface area contributed by atoms with Crippen LogP contribution in [0, 0.1) is 0 Å². The molecule has 0 saturated heterocycles. The van der Waals surface area contributed by atoms with E-state index in [0.29, 0.717) is 11.3 Å². The molecule has 0 aliphatic rings. The summed E-state index contributed by atoms with van der Waals surface area (Å²) in [6.07, 6.45) is 1.41. The fourth-order valence-electron chi connectivity index (χ4n) is 1.89. The first kappa shape index (κ1) is 27.9. The van der Waals surface area contributed by atoms with Crippen molar-refractivity contribution in [1.29, 1.82) is 0 Å². The lowest BCUT2D eigenvalue weighted by Gasteiger charge is -2.15. The quantitative estimate of drug-likeness (QED) is 0.288. The van der Waals surface area contributed by atoms with Crippen molar-refractivity contribution in [3.8, 4) is 17.1 Å². The molecule has 0 amide bonds. The Labute approximate surface area is 227 Å². The lowest BCUT2D eigenvalue weighted by atomic mass is 10.2. The van der Waals surface area contributed by atoms with Gasteiger partial charge in [0, 0.05) is 5.56 Å². The van der Waals surface area contributed by atoms with Crippen LogP contribution in [0.1, 0.15) is 17.3 Å². The van der Waals surface area contributed by atoms with E-state index in [1.165, 1.54) is 12.3 Å². The zero-order chi connectivity index (χ0) is 24.2. The summed E-state index contributed by atoms with van der Waals surface area (Å²) in [5.74, 6) is 0.598. The third-order valence-corrected chi connectivity index (χ3v) is 4.88. The summed E-state index contributed by atoms with van der Waals surface area (Å²) in [6, 6.07) is 8.38. The summed E-state index contributed by atoms with van der Waals surface area (Å²) >= 11 is 51.3. The van der Waals surface area contributed by atoms with Gasteiger partial charge >= 0.3 is 0 Å². The van der Waals surface area contributed by atoms with Gasteiger partial charge in [-0.1, -0.05) is 104 Å². The van der Waals surface area contributed by atoms with E-state index in [1.54, 1.807) is 31.4 Å². The Hall–Kier alpha value is -0.350. The number of hydrogen-bond donors (Lipinski definition) is 0. The number of methoxy groups -OCH3 is 1. The Morgan fingerprint density at radius 1 is 0.688 bits per heavy atom. The molecule has 0 spiro atoms. The molecule has 0 saturated carbocycles. The summed E-state index contributed by atoms with van der Waals surface area (Å²) in [6.45, 7) is 0. The van der Waals surface area contributed by atoms with E-state index in [9.17, 15) is 0 Å². The number of nitrogens with zero attached hydrogens (tertiary/aromatic N) is 6. The normalized spacial score (nSPS) is 12.1. The van der Waals surface area contributed by atoms with Crippen LogP contribution in [0.25, 0.3) is 11.4 Å². The van der Waals surface area contributed by atoms with E-state index >= 15 is 0 Å². The Balaban J connectivity index is 0.000000303. The van der Waals surface area contributed by atoms with Crippen molar-refractivity contribution < 1.29 is 4.74 Å². The summed E-state index contributed by atoms with van der Waals surface area (Å²) in [4.78, 5) is 12.1. The topological polar surface area (TPSA) is 86.6 Å². The van der Waals surface area contributed by atoms with Crippen LogP contribution in [0.2, 0.25) is 0 Å². The monoisotopic (exact) mass is 616 g/mol. The molecule has 0 N–H and O–H groups in total. The molecule has 0 radical (unpaired) electrons. The van der Waals surface area contributed by atoms with Gasteiger partial charge in [0.2, 0.25) is 11.4 Å². The highest BCUT2D eigenvalue weighted by molar-refractivity contribution is 6.67. The van der Waals surface area contributed by atoms with E-state index in [4.69, 9.17) is 109 Å². The Morgan fingerprint density at radius 3 is 1.56 bits per heavy atom. The predicted octanol–water partition coefficient (Wildman–Crippen LogP) is 6.90. The number of rotatable bonds is 2. The van der Waals surface area contributed by atoms with Crippen LogP contribution in [0.4, 0.5) is 0 Å². The number of alkyl halides is 9. The summed E-state index contributed by atoms with van der Waals surface area (Å²) in [7, 11) is 1.56. The summed E-state index contributed by atoms with van der Waals surface area (Å²) in [5, 5.41) is 10.2. The number of benzene rings is 1. The second-order valence-corrected chi connectivity index (χ2v) is 12.4. The molecule has 0 aliphatic heterocycles. The van der Waals surface area contributed by atoms with E-state index < -0.39 is 11.4 Å². The maximum Gasteiger partial charge on any atom is 0.250 e. The number of aromatic nitrogens is 6. The minimum atomic E-state index is -1.88. The second kappa shape index (κ2) is 11.4. The van der Waals surface area contributed by atoms with E-state index in [0.717, 1.165) is 0 Å². The molecule has 0 fully saturated rings. The van der Waals surface area contributed by atoms with Crippen molar-refractivity contribution in [2.24, 2.45) is 0 Å². The van der Waals surface area contributed by atoms with Crippen molar-refractivity contribution >= 4 is 104 Å². The maximum atomic E-state index is 5.82. The summed E-state index contributed by atoms with van der Waals surface area (Å²) in [5.41, 5.74) is 0.890. The summed E-state index contributed by atoms with van der Waals surface area (Å²) < 4.78 is -0.183. The first-order chi connectivity index (χ1) is 14.7. The van der Waals surface area contributed by atoms with Crippen LogP contribution in [0.15, 0.2) is 36.5 Å². The van der Waals surface area contributed by atoms with Gasteiger partial charge in [-0.05, 0) is 35.5 Å². The first-order valence-electron chi connectivity index (χ1n) is 7.98. The molecular weight excluding hydrogens is 611 g/mol. The number of halogens is 9. The van der Waals surface area contributed by atoms with E-state index in [1.807, 2.05) is 0 Å². The molecule has 7 nitrogen and oxygen atoms in total.